The van der Waals surface area contributed by atoms with E-state index in [1.165, 1.54) is 60.7 Å². The van der Waals surface area contributed by atoms with Crippen molar-refractivity contribution in [1.82, 2.24) is 14.9 Å². The van der Waals surface area contributed by atoms with Crippen molar-refractivity contribution < 1.29 is 29.1 Å². The summed E-state index contributed by atoms with van der Waals surface area (Å²) in [5, 5.41) is 12.6. The van der Waals surface area contributed by atoms with Crippen LogP contribution in [-0.2, 0) is 21.0 Å². The zero-order valence-corrected chi connectivity index (χ0v) is 24.4. The van der Waals surface area contributed by atoms with Crippen molar-refractivity contribution >= 4 is 41.1 Å². The fourth-order valence-electron chi connectivity index (χ4n) is 4.74. The van der Waals surface area contributed by atoms with E-state index < -0.39 is 46.5 Å². The highest BCUT2D eigenvalue weighted by molar-refractivity contribution is 6.37. The number of amides is 5. The van der Waals surface area contributed by atoms with Gasteiger partial charge in [0.15, 0.2) is 0 Å². The highest BCUT2D eigenvalue weighted by Crippen LogP contribution is 2.24. The summed E-state index contributed by atoms with van der Waals surface area (Å²) in [6.07, 6.45) is 5.30. The Morgan fingerprint density at radius 2 is 1.60 bits per heavy atom. The molecule has 14 nitrogen and oxygen atoms in total. The number of imide groups is 2. The van der Waals surface area contributed by atoms with E-state index in [1.54, 1.807) is 42.5 Å². The molecule has 1 aromatic heterocycles. The van der Waals surface area contributed by atoms with Gasteiger partial charge in [-0.15, -0.1) is 0 Å². The van der Waals surface area contributed by atoms with Crippen LogP contribution in [-0.4, -0.2) is 38.4 Å². The van der Waals surface area contributed by atoms with Crippen molar-refractivity contribution in [2.75, 3.05) is 4.90 Å². The number of nitrogens with two attached hydrogens (primary N) is 2. The minimum atomic E-state index is -1.02. The van der Waals surface area contributed by atoms with E-state index in [-0.39, 0.29) is 29.1 Å². The third-order valence-electron chi connectivity index (χ3n) is 6.99. The first-order valence-electron chi connectivity index (χ1n) is 13.8. The van der Waals surface area contributed by atoms with Crippen molar-refractivity contribution in [2.24, 2.45) is 11.6 Å². The molecule has 4 aromatic rings. The first-order chi connectivity index (χ1) is 22.6. The van der Waals surface area contributed by atoms with E-state index in [9.17, 15) is 33.9 Å². The molecule has 1 saturated heterocycles. The Balaban J connectivity index is 1.57. The average molecular weight is 635 g/mol. The molecule has 236 valence electrons. The van der Waals surface area contributed by atoms with Crippen LogP contribution in [0.1, 0.15) is 27.0 Å². The van der Waals surface area contributed by atoms with Gasteiger partial charge in [0.2, 0.25) is 11.8 Å². The Morgan fingerprint density at radius 1 is 0.894 bits per heavy atom. The molecule has 1 fully saturated rings. The summed E-state index contributed by atoms with van der Waals surface area (Å²) in [5.41, 5.74) is 4.74. The normalized spacial score (nSPS) is 14.6. The minimum Gasteiger partial charge on any atom is -0.494 e. The highest BCUT2D eigenvalue weighted by atomic mass is 16.6. The third kappa shape index (κ3) is 6.73. The van der Waals surface area contributed by atoms with E-state index in [2.05, 4.69) is 15.1 Å². The molecular weight excluding hydrogens is 608 g/mol. The van der Waals surface area contributed by atoms with Gasteiger partial charge in [0.25, 0.3) is 17.4 Å². The Morgan fingerprint density at radius 3 is 2.32 bits per heavy atom. The number of nitrogens with one attached hydrogen (secondary N) is 2. The van der Waals surface area contributed by atoms with Crippen LogP contribution in [0.3, 0.4) is 0 Å². The van der Waals surface area contributed by atoms with Crippen molar-refractivity contribution in [3.05, 3.63) is 146 Å². The van der Waals surface area contributed by atoms with Crippen molar-refractivity contribution in [3.8, 4) is 11.6 Å². The molecule has 0 radical (unpaired) electrons. The number of urea groups is 1. The van der Waals surface area contributed by atoms with Crippen LogP contribution in [0.4, 0.5) is 10.5 Å². The fraction of sp³-hybridized carbons (Fsp3) is 0.0303. The maximum atomic E-state index is 13.5. The summed E-state index contributed by atoms with van der Waals surface area (Å²) < 4.78 is 0.831. The maximum Gasteiger partial charge on any atom is 0.335 e. The minimum absolute atomic E-state index is 0.0141. The second-order valence-electron chi connectivity index (χ2n) is 10.0. The fourth-order valence-corrected chi connectivity index (χ4v) is 4.74. The molecule has 47 heavy (non-hydrogen) atoms. The molecule has 3 aromatic carbocycles. The molecule has 14 heteroatoms. The predicted octanol–water partition coefficient (Wildman–Crippen LogP) is 2.03. The van der Waals surface area contributed by atoms with Crippen LogP contribution in [0, 0.1) is 0 Å². The zero-order chi connectivity index (χ0) is 33.7. The molecule has 0 bridgehead atoms. The van der Waals surface area contributed by atoms with Gasteiger partial charge >= 0.3 is 11.7 Å². The predicted molar refractivity (Wildman–Crippen MR) is 171 cm³/mol. The van der Waals surface area contributed by atoms with Crippen LogP contribution < -0.4 is 33.1 Å². The summed E-state index contributed by atoms with van der Waals surface area (Å²) in [4.78, 5) is 84.2. The van der Waals surface area contributed by atoms with Gasteiger partial charge in [0.1, 0.15) is 11.1 Å². The lowest BCUT2D eigenvalue weighted by Crippen LogP contribution is -2.54. The Labute approximate surface area is 265 Å². The Kier molecular flexibility index (Phi) is 9.17. The largest absolute Gasteiger partial charge is 0.494 e. The number of aromatic nitrogens is 2. The van der Waals surface area contributed by atoms with Gasteiger partial charge in [0, 0.05) is 5.56 Å². The van der Waals surface area contributed by atoms with Crippen LogP contribution in [0.5, 0.6) is 5.88 Å². The topological polar surface area (TPSA) is 220 Å². The molecule has 7 N–H and O–H groups in total. The Hall–Kier alpha value is -6.64. The molecular formula is C33H26N6O8. The van der Waals surface area contributed by atoms with Crippen LogP contribution >= 0.6 is 0 Å². The lowest BCUT2D eigenvalue weighted by atomic mass is 10.0. The maximum absolute atomic E-state index is 13.5. The zero-order valence-electron chi connectivity index (χ0n) is 24.4. The molecule has 5 rings (SSSR count). The van der Waals surface area contributed by atoms with Gasteiger partial charge in [-0.3, -0.25) is 34.3 Å². The number of rotatable bonds is 9. The second-order valence-corrected chi connectivity index (χ2v) is 10.0. The number of allylic oxidation sites excluding steroid dienone is 4. The molecule has 0 unspecified atom stereocenters. The lowest BCUT2D eigenvalue weighted by Gasteiger charge is -2.26. The number of H-pyrrole nitrogens is 1. The number of hydrogen-bond acceptors (Lipinski definition) is 9. The first kappa shape index (κ1) is 31.8. The second kappa shape index (κ2) is 13.6. The van der Waals surface area contributed by atoms with Crippen LogP contribution in [0.25, 0.3) is 17.3 Å². The molecule has 1 aliphatic heterocycles. The number of anilines is 1. The van der Waals surface area contributed by atoms with Gasteiger partial charge in [-0.05, 0) is 59.2 Å². The summed E-state index contributed by atoms with van der Waals surface area (Å²) in [7, 11) is 0. The van der Waals surface area contributed by atoms with Crippen molar-refractivity contribution in [3.63, 3.8) is 0 Å². The number of carbonyl (C=O) groups is 4. The number of barbiturate groups is 1. The number of benzene rings is 3. The van der Waals surface area contributed by atoms with Crippen LogP contribution in [0.2, 0.25) is 0 Å². The van der Waals surface area contributed by atoms with E-state index in [0.717, 1.165) is 4.57 Å². The first-order valence-corrected chi connectivity index (χ1v) is 13.8. The average Bonchev–Trinajstić information content (AvgIpc) is 3.04. The quantitative estimate of drug-likeness (QED) is 0.0786. The summed E-state index contributed by atoms with van der Waals surface area (Å²) in [6, 6.07) is 19.5. The van der Waals surface area contributed by atoms with Gasteiger partial charge < -0.3 is 10.8 Å². The van der Waals surface area contributed by atoms with Gasteiger partial charge in [-0.25, -0.2) is 25.0 Å². The SMILES string of the molecule is NOCc1cccc(-n2c(=O)[nH]c(O)c(C=CC(=CC=C3C(=O)NC(=O)N(c4cccc(C(N)=O)c4)C3=O)c3ccccc3)c2=O)c1. The smallest absolute Gasteiger partial charge is 0.335 e. The number of primary amides is 1. The van der Waals surface area contributed by atoms with E-state index in [0.29, 0.717) is 21.6 Å². The number of hydrogen-bond donors (Lipinski definition) is 5. The van der Waals surface area contributed by atoms with Gasteiger partial charge in [-0.2, -0.15) is 0 Å². The van der Waals surface area contributed by atoms with E-state index in [4.69, 9.17) is 11.6 Å². The van der Waals surface area contributed by atoms with Gasteiger partial charge in [0.05, 0.1) is 18.0 Å². The summed E-state index contributed by atoms with van der Waals surface area (Å²) in [5.74, 6) is 1.77. The molecule has 2 heterocycles. The molecule has 5 amide bonds. The van der Waals surface area contributed by atoms with Crippen LogP contribution in [0.15, 0.2) is 112 Å². The molecule has 1 aliphatic rings. The number of nitrogens with zero attached hydrogens (tertiary/aromatic N) is 2. The number of carbonyl (C=O) groups excluding carboxylic acids is 4. The monoisotopic (exact) mass is 634 g/mol. The number of aromatic hydroxyl groups is 1. The molecule has 0 spiro atoms. The number of aromatic amines is 1. The molecule has 0 aliphatic carbocycles. The molecule has 0 atom stereocenters. The third-order valence-corrected chi connectivity index (χ3v) is 6.99. The van der Waals surface area contributed by atoms with E-state index in [1.807, 2.05) is 0 Å². The summed E-state index contributed by atoms with van der Waals surface area (Å²) >= 11 is 0. The van der Waals surface area contributed by atoms with Crippen molar-refractivity contribution in [1.29, 1.82) is 0 Å². The molecule has 0 saturated carbocycles. The standard InChI is InChI=1S/C33H26N6O8/c34-27(40)22-9-5-11-24(17-22)39-31(44)26(29(42)37-33(39)46)15-13-21(20-7-2-1-3-8-20)12-14-25-28(41)36-32(45)38(30(25)43)23-10-4-6-19(16-23)18-47-35/h1-17,41H,18,35H2,(H2,34,40)(H,36,45)(H,37,42,46). The van der Waals surface area contributed by atoms with Gasteiger partial charge in [-0.1, -0.05) is 60.7 Å². The van der Waals surface area contributed by atoms with E-state index >= 15 is 0 Å². The lowest BCUT2D eigenvalue weighted by molar-refractivity contribution is -0.122. The summed E-state index contributed by atoms with van der Waals surface area (Å²) in [6.45, 7) is 0.0261. The highest BCUT2D eigenvalue weighted by Gasteiger charge is 2.36. The van der Waals surface area contributed by atoms with Crippen molar-refractivity contribution in [2.45, 2.75) is 6.61 Å². The Bertz CT molecular complexity index is 2130.